The molecule has 0 aromatic carbocycles. The highest BCUT2D eigenvalue weighted by atomic mass is 32.2. The van der Waals surface area contributed by atoms with Crippen molar-refractivity contribution in [2.45, 2.75) is 210 Å². The first-order chi connectivity index (χ1) is 31.1. The number of nitrogens with zero attached hydrogens (tertiary/aromatic N) is 11. The van der Waals surface area contributed by atoms with Crippen molar-refractivity contribution in [1.82, 2.24) is 61.0 Å². The SMILES string of the molecule is CB(O)C(C)(C)C.CC(=O)CC(C)(C)C.CC(=O)Cn1nnc(CC(C)(C)C)n1.CC(C)(C)CP(=O)(O)O.CC(C)(C)CS(C)(=O)=O.CC(C)(C)Cc1nn[nH]n1.CC(C)(C)Cc1nnnn1CC(=O)O. The van der Waals surface area contributed by atoms with Gasteiger partial charge in [-0.3, -0.25) is 14.2 Å². The second-order valence-corrected chi connectivity index (χ2v) is 29.9. The normalized spacial score (nSPS) is 12.2. The Morgan fingerprint density at radius 3 is 1.35 bits per heavy atom. The van der Waals surface area contributed by atoms with Crippen LogP contribution in [-0.2, 0) is 61.1 Å². The molecule has 22 nitrogen and oxygen atoms in total. The second-order valence-electron chi connectivity index (χ2n) is 26.1. The van der Waals surface area contributed by atoms with Crippen LogP contribution in [-0.4, -0.2) is 132 Å². The van der Waals surface area contributed by atoms with Gasteiger partial charge < -0.3 is 24.7 Å². The predicted octanol–water partition coefficient (Wildman–Crippen LogP) is 7.68. The molecule has 25 heteroatoms. The van der Waals surface area contributed by atoms with Crippen LogP contribution in [0.1, 0.15) is 183 Å². The third-order valence-corrected chi connectivity index (χ3v) is 10.4. The fourth-order valence-corrected chi connectivity index (χ4v) is 7.85. The molecule has 0 bridgehead atoms. The van der Waals surface area contributed by atoms with Crippen molar-refractivity contribution in [3.63, 3.8) is 0 Å². The van der Waals surface area contributed by atoms with Crippen molar-refractivity contribution in [3.05, 3.63) is 17.5 Å². The van der Waals surface area contributed by atoms with Gasteiger partial charge in [0.05, 0.1) is 11.9 Å². The maximum atomic E-state index is 10.8. The Labute approximate surface area is 427 Å². The second kappa shape index (κ2) is 31.0. The van der Waals surface area contributed by atoms with E-state index in [1.54, 1.807) is 34.5 Å². The third-order valence-electron chi connectivity index (χ3n) is 7.61. The highest BCUT2D eigenvalue weighted by Crippen LogP contribution is 2.41. The smallest absolute Gasteiger partial charge is 0.326 e. The lowest BCUT2D eigenvalue weighted by Crippen LogP contribution is -2.20. The van der Waals surface area contributed by atoms with Gasteiger partial charge in [0.1, 0.15) is 28.7 Å². The average Bonchev–Trinajstić information content (AvgIpc) is 3.79. The van der Waals surface area contributed by atoms with Crippen LogP contribution >= 0.6 is 7.60 Å². The van der Waals surface area contributed by atoms with Crippen LogP contribution in [0.3, 0.4) is 0 Å². The molecule has 5 N–H and O–H groups in total. The number of H-pyrrole nitrogens is 1. The molecular formula is C46H96BN12O10PS. The lowest BCUT2D eigenvalue weighted by molar-refractivity contribution is -0.138. The Kier molecular flexibility index (Phi) is 32.2. The number of carbonyl (C=O) groups excluding carboxylic acids is 2. The van der Waals surface area contributed by atoms with Crippen molar-refractivity contribution in [1.29, 1.82) is 0 Å². The number of sulfone groups is 1. The van der Waals surface area contributed by atoms with E-state index in [2.05, 4.69) is 114 Å². The van der Waals surface area contributed by atoms with Crippen LogP contribution < -0.4 is 0 Å². The number of nitrogens with one attached hydrogen (secondary N) is 1. The Morgan fingerprint density at radius 1 is 0.648 bits per heavy atom. The van der Waals surface area contributed by atoms with Gasteiger partial charge in [-0.15, -0.1) is 25.5 Å². The van der Waals surface area contributed by atoms with Gasteiger partial charge in [-0.2, -0.15) is 10.0 Å². The molecule has 414 valence electrons. The van der Waals surface area contributed by atoms with Crippen molar-refractivity contribution < 1.29 is 47.3 Å². The number of rotatable bonds is 10. The maximum absolute atomic E-state index is 10.8. The highest BCUT2D eigenvalue weighted by Gasteiger charge is 2.24. The average molecular weight is 1050 g/mol. The van der Waals surface area contributed by atoms with Crippen molar-refractivity contribution in [2.24, 2.45) is 32.5 Å². The molecule has 0 unspecified atom stereocenters. The number of aliphatic carboxylic acids is 1. The minimum Gasteiger partial charge on any atom is -0.480 e. The molecule has 0 aliphatic carbocycles. The van der Waals surface area contributed by atoms with E-state index in [-0.39, 0.29) is 81.3 Å². The summed E-state index contributed by atoms with van der Waals surface area (Å²) in [5.41, 5.74) is 0.220. The number of carbonyl (C=O) groups is 3. The van der Waals surface area contributed by atoms with E-state index in [1.807, 2.05) is 62.3 Å². The Morgan fingerprint density at radius 2 is 1.10 bits per heavy atom. The number of aromatic nitrogens is 12. The topological polar surface area (TPSA) is 325 Å². The Balaban J connectivity index is -0.000000375. The zero-order chi connectivity index (χ0) is 57.4. The van der Waals surface area contributed by atoms with Crippen LogP contribution in [0.4, 0.5) is 0 Å². The zero-order valence-corrected chi connectivity index (χ0v) is 50.0. The predicted molar refractivity (Wildman–Crippen MR) is 281 cm³/mol. The molecule has 3 aromatic heterocycles. The van der Waals surface area contributed by atoms with E-state index < -0.39 is 23.4 Å². The van der Waals surface area contributed by atoms with Gasteiger partial charge in [0.2, 0.25) is 0 Å². The fraction of sp³-hybridized carbons (Fsp3) is 0.870. The minimum atomic E-state index is -3.79. The molecule has 0 saturated carbocycles. The van der Waals surface area contributed by atoms with E-state index >= 15 is 0 Å². The minimum absolute atomic E-state index is 0.0321. The highest BCUT2D eigenvalue weighted by molar-refractivity contribution is 7.90. The van der Waals surface area contributed by atoms with Crippen molar-refractivity contribution in [2.75, 3.05) is 18.2 Å². The maximum Gasteiger partial charge on any atom is 0.326 e. The molecule has 0 saturated heterocycles. The molecule has 3 heterocycles. The van der Waals surface area contributed by atoms with Crippen LogP contribution in [0, 0.1) is 32.5 Å². The van der Waals surface area contributed by atoms with Gasteiger partial charge in [-0.1, -0.05) is 157 Å². The number of hydrogen-bond acceptors (Lipinski definition) is 16. The quantitative estimate of drug-likeness (QED) is 0.0959. The summed E-state index contributed by atoms with van der Waals surface area (Å²) in [6, 6.07) is 0. The summed E-state index contributed by atoms with van der Waals surface area (Å²) in [6.07, 6.45) is 4.20. The summed E-state index contributed by atoms with van der Waals surface area (Å²) in [6.45, 7) is 47.0. The molecule has 0 atom stereocenters. The molecule has 0 spiro atoms. The summed E-state index contributed by atoms with van der Waals surface area (Å²) >= 11 is 0. The standard InChI is InChI=1S/C9H16N4O.C8H14N4O2.C7H14O.C6H12N4.C6H14O2S.C5H13BO.C5H13O3P/c1-7(14)6-13-11-8(10-12-13)5-9(2,3)4;1-8(2,3)4-6-9-10-11-12(6)5-7(13)14;1-6(8)5-7(2,3)4;1-6(2,3)4-5-7-9-10-8-5;1-6(2,3)5-9(4,7)8;1-5(2,3)6(4)7;1-5(2,3)4-9(6,7)8/h5-6H2,1-4H3;4-5H2,1-3H3,(H,13,14);5H2,1-4H3;4H2,1-3H3,(H,7,8,9,10);5H2,1-4H3;7H,1-4H3;4H2,1-3H3,(H2,6,7,8). The first-order valence-corrected chi connectivity index (χ1v) is 27.3. The number of carboxylic acid groups (broad SMARTS) is 1. The van der Waals surface area contributed by atoms with E-state index in [0.717, 1.165) is 18.7 Å². The van der Waals surface area contributed by atoms with Crippen LogP contribution in [0.25, 0.3) is 0 Å². The molecule has 0 aliphatic rings. The molecule has 3 aromatic rings. The molecule has 71 heavy (non-hydrogen) atoms. The Bertz CT molecular complexity index is 2110. The number of Topliss-reactive ketones (excluding diaryl/α,β-unsaturated/α-hetero) is 2. The van der Waals surface area contributed by atoms with Crippen LogP contribution in [0.15, 0.2) is 0 Å². The first kappa shape index (κ1) is 73.7. The number of tetrazole rings is 3. The van der Waals surface area contributed by atoms with Gasteiger partial charge in [0, 0.05) is 31.9 Å². The molecule has 0 aliphatic heterocycles. The van der Waals surface area contributed by atoms with Crippen LogP contribution in [0.5, 0.6) is 0 Å². The first-order valence-electron chi connectivity index (χ1n) is 23.5. The lowest BCUT2D eigenvalue weighted by atomic mass is 9.50. The van der Waals surface area contributed by atoms with Crippen molar-refractivity contribution >= 4 is 41.9 Å². The molecule has 0 radical (unpaired) electrons. The van der Waals surface area contributed by atoms with Gasteiger partial charge in [-0.25, -0.2) is 13.1 Å². The summed E-state index contributed by atoms with van der Waals surface area (Å²) < 4.78 is 32.9. The van der Waals surface area contributed by atoms with Crippen molar-refractivity contribution in [3.8, 4) is 0 Å². The lowest BCUT2D eigenvalue weighted by Gasteiger charge is -2.17. The van der Waals surface area contributed by atoms with Gasteiger partial charge in [0.25, 0.3) is 6.92 Å². The van der Waals surface area contributed by atoms with E-state index in [4.69, 9.17) is 19.9 Å². The molecule has 0 fully saturated rings. The summed E-state index contributed by atoms with van der Waals surface area (Å²) in [7, 11) is -6.57. The van der Waals surface area contributed by atoms with Gasteiger partial charge in [-0.05, 0) is 67.3 Å². The molecule has 3 rings (SSSR count). The van der Waals surface area contributed by atoms with E-state index in [9.17, 15) is 27.4 Å². The van der Waals surface area contributed by atoms with Gasteiger partial charge >= 0.3 is 13.6 Å². The van der Waals surface area contributed by atoms with E-state index in [0.29, 0.717) is 24.5 Å². The summed E-state index contributed by atoms with van der Waals surface area (Å²) in [5, 5.41) is 53.8. The number of hydrogen-bond donors (Lipinski definition) is 5. The number of carboxylic acids is 1. The summed E-state index contributed by atoms with van der Waals surface area (Å²) in [5.74, 6) is 1.72. The van der Waals surface area contributed by atoms with E-state index in [1.165, 1.54) is 22.7 Å². The molecule has 0 amide bonds. The van der Waals surface area contributed by atoms with Gasteiger partial charge in [0.15, 0.2) is 23.3 Å². The largest absolute Gasteiger partial charge is 0.480 e. The monoisotopic (exact) mass is 1050 g/mol. The van der Waals surface area contributed by atoms with Crippen LogP contribution in [0.2, 0.25) is 12.1 Å². The number of aromatic amines is 1. The Hall–Kier alpha value is -3.86. The number of ketones is 2. The zero-order valence-electron chi connectivity index (χ0n) is 48.2. The summed E-state index contributed by atoms with van der Waals surface area (Å²) in [4.78, 5) is 50.0. The fourth-order valence-electron chi connectivity index (χ4n) is 5.05. The third kappa shape index (κ3) is 58.6. The molecular weight excluding hydrogens is 954 g/mol.